The minimum Gasteiger partial charge on any atom is -0.381 e. The summed E-state index contributed by atoms with van der Waals surface area (Å²) in [5.41, 5.74) is 2.44. The van der Waals surface area contributed by atoms with Gasteiger partial charge in [0.15, 0.2) is 6.10 Å². The number of aromatic nitrogens is 1. The van der Waals surface area contributed by atoms with Crippen molar-refractivity contribution in [2.75, 3.05) is 7.05 Å². The van der Waals surface area contributed by atoms with Crippen LogP contribution in [0.1, 0.15) is 16.8 Å². The Labute approximate surface area is 193 Å². The molecule has 0 spiro atoms. The first-order valence-corrected chi connectivity index (χ1v) is 10.6. The van der Waals surface area contributed by atoms with Gasteiger partial charge in [-0.1, -0.05) is 66.7 Å². The molecule has 2 atom stereocenters. The summed E-state index contributed by atoms with van der Waals surface area (Å²) in [6, 6.07) is 22.7. The number of hydrogen-bond donors (Lipinski definition) is 3. The minimum atomic E-state index is -1.47. The highest BCUT2D eigenvalue weighted by Gasteiger charge is 2.29. The van der Waals surface area contributed by atoms with E-state index in [1.54, 1.807) is 18.3 Å². The Morgan fingerprint density at radius 2 is 1.61 bits per heavy atom. The topological polar surface area (TPSA) is 104 Å². The average molecular weight is 449 g/mol. The zero-order valence-corrected chi connectivity index (χ0v) is 18.4. The van der Waals surface area contributed by atoms with E-state index in [0.29, 0.717) is 5.69 Å². The molecule has 0 bridgehead atoms. The number of carbonyl (C=O) groups is 2. The first-order chi connectivity index (χ1) is 16.0. The van der Waals surface area contributed by atoms with E-state index in [-0.39, 0.29) is 19.6 Å². The third-order valence-corrected chi connectivity index (χ3v) is 4.98. The Bertz CT molecular complexity index is 1000. The van der Waals surface area contributed by atoms with Gasteiger partial charge < -0.3 is 15.7 Å². The van der Waals surface area contributed by atoms with Gasteiger partial charge in [0, 0.05) is 13.2 Å². The van der Waals surface area contributed by atoms with Crippen LogP contribution >= 0.6 is 0 Å². The van der Waals surface area contributed by atoms with Crippen molar-refractivity contribution in [2.45, 2.75) is 31.7 Å². The van der Waals surface area contributed by atoms with E-state index in [2.05, 4.69) is 15.6 Å². The molecule has 0 saturated carbocycles. The van der Waals surface area contributed by atoms with Crippen LogP contribution in [0, 0.1) is 0 Å². The second-order valence-corrected chi connectivity index (χ2v) is 7.49. The van der Waals surface area contributed by atoms with Crippen LogP contribution in [0.5, 0.6) is 0 Å². The largest absolute Gasteiger partial charge is 0.381 e. The molecule has 1 heterocycles. The molecule has 0 aliphatic heterocycles. The van der Waals surface area contributed by atoms with Gasteiger partial charge in [-0.3, -0.25) is 14.6 Å². The molecule has 8 heteroatoms. The number of carbonyl (C=O) groups excluding carboxylic acids is 2. The van der Waals surface area contributed by atoms with Gasteiger partial charge in [0.1, 0.15) is 6.61 Å². The summed E-state index contributed by atoms with van der Waals surface area (Å²) < 4.78 is 0. The summed E-state index contributed by atoms with van der Waals surface area (Å²) in [5.74, 6) is -0.602. The van der Waals surface area contributed by atoms with Crippen molar-refractivity contribution in [1.82, 2.24) is 20.7 Å². The Morgan fingerprint density at radius 1 is 0.970 bits per heavy atom. The number of hydrogen-bond acceptors (Lipinski definition) is 5. The van der Waals surface area contributed by atoms with Gasteiger partial charge in [-0.05, 0) is 29.7 Å². The molecule has 33 heavy (non-hydrogen) atoms. The van der Waals surface area contributed by atoms with Crippen molar-refractivity contribution in [3.05, 3.63) is 102 Å². The highest BCUT2D eigenvalue weighted by Crippen LogP contribution is 2.09. The molecular formula is C25H28N4O4. The molecular weight excluding hydrogens is 420 g/mol. The van der Waals surface area contributed by atoms with Crippen LogP contribution in [0.25, 0.3) is 0 Å². The third kappa shape index (κ3) is 7.71. The summed E-state index contributed by atoms with van der Waals surface area (Å²) in [5, 5.41) is 17.2. The Balaban J connectivity index is 1.62. The van der Waals surface area contributed by atoms with E-state index in [0.717, 1.165) is 16.2 Å². The maximum absolute atomic E-state index is 12.7. The molecule has 0 saturated heterocycles. The molecule has 3 aromatic rings. The third-order valence-electron chi connectivity index (χ3n) is 4.98. The number of amides is 3. The predicted octanol–water partition coefficient (Wildman–Crippen LogP) is 2.44. The highest BCUT2D eigenvalue weighted by molar-refractivity contribution is 5.82. The zero-order chi connectivity index (χ0) is 23.5. The van der Waals surface area contributed by atoms with Gasteiger partial charge in [-0.2, -0.15) is 0 Å². The molecule has 2 aromatic carbocycles. The predicted molar refractivity (Wildman–Crippen MR) is 124 cm³/mol. The van der Waals surface area contributed by atoms with Crippen molar-refractivity contribution >= 4 is 11.9 Å². The lowest BCUT2D eigenvalue weighted by atomic mass is 10.0. The molecule has 3 amide bonds. The number of aliphatic hydroxyl groups is 1. The smallest absolute Gasteiger partial charge is 0.341 e. The van der Waals surface area contributed by atoms with E-state index >= 15 is 0 Å². The van der Waals surface area contributed by atoms with Crippen molar-refractivity contribution in [2.24, 2.45) is 0 Å². The molecule has 3 rings (SSSR count). The van der Waals surface area contributed by atoms with Crippen LogP contribution in [0.2, 0.25) is 0 Å². The maximum Gasteiger partial charge on any atom is 0.341 e. The van der Waals surface area contributed by atoms with Crippen molar-refractivity contribution in [1.29, 1.82) is 0 Å². The minimum absolute atomic E-state index is 0.169. The first-order valence-electron chi connectivity index (χ1n) is 10.6. The summed E-state index contributed by atoms with van der Waals surface area (Å²) in [4.78, 5) is 35.0. The number of pyridine rings is 1. The molecule has 1 aromatic heterocycles. The van der Waals surface area contributed by atoms with Crippen LogP contribution in [0.3, 0.4) is 0 Å². The molecule has 8 nitrogen and oxygen atoms in total. The molecule has 172 valence electrons. The van der Waals surface area contributed by atoms with Crippen LogP contribution in [0.4, 0.5) is 4.79 Å². The summed E-state index contributed by atoms with van der Waals surface area (Å²) in [7, 11) is 1.48. The van der Waals surface area contributed by atoms with E-state index in [9.17, 15) is 14.7 Å². The van der Waals surface area contributed by atoms with Gasteiger partial charge in [-0.25, -0.2) is 9.86 Å². The van der Waals surface area contributed by atoms with E-state index < -0.39 is 24.1 Å². The highest BCUT2D eigenvalue weighted by atomic mass is 16.7. The van der Waals surface area contributed by atoms with Gasteiger partial charge in [0.05, 0.1) is 18.3 Å². The molecule has 0 aliphatic rings. The summed E-state index contributed by atoms with van der Waals surface area (Å²) >= 11 is 0. The van der Waals surface area contributed by atoms with E-state index in [1.165, 1.54) is 7.05 Å². The van der Waals surface area contributed by atoms with Crippen LogP contribution in [-0.4, -0.2) is 46.3 Å². The molecule has 0 aliphatic carbocycles. The van der Waals surface area contributed by atoms with Crippen LogP contribution < -0.4 is 10.6 Å². The van der Waals surface area contributed by atoms with E-state index in [1.807, 2.05) is 66.7 Å². The molecule has 3 N–H and O–H groups in total. The normalized spacial score (nSPS) is 12.4. The van der Waals surface area contributed by atoms with Gasteiger partial charge in [-0.15, -0.1) is 0 Å². The number of rotatable bonds is 10. The first kappa shape index (κ1) is 23.9. The number of benzene rings is 2. The maximum atomic E-state index is 12.7. The number of nitrogens with zero attached hydrogens (tertiary/aromatic N) is 2. The zero-order valence-electron chi connectivity index (χ0n) is 18.4. The fourth-order valence-electron chi connectivity index (χ4n) is 3.13. The molecule has 0 radical (unpaired) electrons. The Hall–Kier alpha value is -3.75. The van der Waals surface area contributed by atoms with Gasteiger partial charge >= 0.3 is 6.03 Å². The van der Waals surface area contributed by atoms with Crippen molar-refractivity contribution in [3.8, 4) is 0 Å². The monoisotopic (exact) mass is 448 g/mol. The SMILES string of the molecule is CN(OCc1ccccc1)C(=O)NC(Cc1ccccc1)C(O)C(=O)NCc1ccccn1. The average Bonchev–Trinajstić information content (AvgIpc) is 2.86. The standard InChI is InChI=1S/C25H28N4O4/c1-29(33-18-20-12-6-3-7-13-20)25(32)28-22(16-19-10-4-2-5-11-19)23(30)24(31)27-17-21-14-8-9-15-26-21/h2-15,22-23,30H,16-18H2,1H3,(H,27,31)(H,28,32). The lowest BCUT2D eigenvalue weighted by molar-refractivity contribution is -0.131. The fraction of sp³-hybridized carbons (Fsp3) is 0.240. The molecule has 2 unspecified atom stereocenters. The van der Waals surface area contributed by atoms with Gasteiger partial charge in [0.25, 0.3) is 5.91 Å². The summed E-state index contributed by atoms with van der Waals surface area (Å²) in [6.45, 7) is 0.379. The van der Waals surface area contributed by atoms with Crippen LogP contribution in [0.15, 0.2) is 85.1 Å². The number of nitrogens with one attached hydrogen (secondary N) is 2. The molecule has 0 fully saturated rings. The Kier molecular flexibility index (Phi) is 8.93. The second kappa shape index (κ2) is 12.3. The van der Waals surface area contributed by atoms with Gasteiger partial charge in [0.2, 0.25) is 0 Å². The second-order valence-electron chi connectivity index (χ2n) is 7.49. The fourth-order valence-corrected chi connectivity index (χ4v) is 3.13. The Morgan fingerprint density at radius 3 is 2.24 bits per heavy atom. The number of urea groups is 1. The van der Waals surface area contributed by atoms with Crippen LogP contribution in [-0.2, 0) is 29.2 Å². The lowest BCUT2D eigenvalue weighted by Gasteiger charge is -2.26. The lowest BCUT2D eigenvalue weighted by Crippen LogP contribution is -2.54. The van der Waals surface area contributed by atoms with Crippen molar-refractivity contribution in [3.63, 3.8) is 0 Å². The quantitative estimate of drug-likeness (QED) is 0.414. The van der Waals surface area contributed by atoms with Crippen molar-refractivity contribution < 1.29 is 19.5 Å². The summed E-state index contributed by atoms with van der Waals surface area (Å²) in [6.07, 6.45) is 0.416. The number of hydroxylamine groups is 2. The number of aliphatic hydroxyl groups excluding tert-OH is 1. The van der Waals surface area contributed by atoms with E-state index in [4.69, 9.17) is 4.84 Å².